The number of anilines is 1. The molecule has 1 aliphatic carbocycles. The lowest BCUT2D eigenvalue weighted by molar-refractivity contribution is -0.140. The Morgan fingerprint density at radius 3 is 1.91 bits per heavy atom. The molecule has 0 bridgehead atoms. The van der Waals surface area contributed by atoms with Gasteiger partial charge in [0.05, 0.1) is 25.8 Å². The molecule has 2 atom stereocenters. The maximum absolute atomic E-state index is 15.1. The SMILES string of the molecule is COC(=O)C1=C(C(=O)OC)N(c2ccc(Br)cc2)C(/C=C/c2ccccc2)C2(C(=O)c3ccccc3C2=O)C1c1ccc(Cl)cc1. The fraction of sp³-hybridized carbons (Fsp3) is 0.135. The number of rotatable bonds is 6. The van der Waals surface area contributed by atoms with Crippen LogP contribution in [0.4, 0.5) is 5.69 Å². The molecule has 1 aliphatic heterocycles. The second-order valence-corrected chi connectivity index (χ2v) is 12.2. The number of fused-ring (bicyclic) bond motifs is 1. The van der Waals surface area contributed by atoms with Gasteiger partial charge in [0.2, 0.25) is 0 Å². The van der Waals surface area contributed by atoms with E-state index in [2.05, 4.69) is 15.9 Å². The second kappa shape index (κ2) is 12.5. The molecule has 0 saturated carbocycles. The molecule has 1 heterocycles. The van der Waals surface area contributed by atoms with Crippen molar-refractivity contribution in [3.05, 3.63) is 152 Å². The zero-order valence-corrected chi connectivity index (χ0v) is 27.1. The predicted octanol–water partition coefficient (Wildman–Crippen LogP) is 7.45. The van der Waals surface area contributed by atoms with Crippen molar-refractivity contribution in [2.24, 2.45) is 5.41 Å². The Morgan fingerprint density at radius 1 is 0.783 bits per heavy atom. The van der Waals surface area contributed by atoms with Gasteiger partial charge in [-0.2, -0.15) is 0 Å². The van der Waals surface area contributed by atoms with E-state index in [1.807, 2.05) is 30.3 Å². The van der Waals surface area contributed by atoms with Gasteiger partial charge in [0.25, 0.3) is 0 Å². The molecule has 1 spiro atoms. The van der Waals surface area contributed by atoms with Crippen molar-refractivity contribution in [1.29, 1.82) is 0 Å². The summed E-state index contributed by atoms with van der Waals surface area (Å²) in [4.78, 5) is 59.7. The first-order valence-corrected chi connectivity index (χ1v) is 15.5. The second-order valence-electron chi connectivity index (χ2n) is 10.9. The summed E-state index contributed by atoms with van der Waals surface area (Å²) in [5, 5.41) is 0.412. The fourth-order valence-corrected chi connectivity index (χ4v) is 6.97. The highest BCUT2D eigenvalue weighted by Gasteiger charge is 2.68. The Labute approximate surface area is 279 Å². The molecule has 46 heavy (non-hydrogen) atoms. The quantitative estimate of drug-likeness (QED) is 0.153. The van der Waals surface area contributed by atoms with Gasteiger partial charge in [-0.3, -0.25) is 9.59 Å². The summed E-state index contributed by atoms with van der Waals surface area (Å²) in [7, 11) is 2.40. The van der Waals surface area contributed by atoms with Crippen LogP contribution < -0.4 is 4.90 Å². The van der Waals surface area contributed by atoms with E-state index in [4.69, 9.17) is 21.1 Å². The number of esters is 2. The van der Waals surface area contributed by atoms with Crippen molar-refractivity contribution in [1.82, 2.24) is 0 Å². The maximum atomic E-state index is 15.1. The number of halogens is 2. The van der Waals surface area contributed by atoms with E-state index in [9.17, 15) is 9.59 Å². The lowest BCUT2D eigenvalue weighted by Crippen LogP contribution is -2.61. The van der Waals surface area contributed by atoms with Crippen LogP contribution in [0.2, 0.25) is 5.02 Å². The third-order valence-electron chi connectivity index (χ3n) is 8.52. The molecule has 2 unspecified atom stereocenters. The molecular weight excluding hydrogens is 670 g/mol. The number of methoxy groups -OCH3 is 2. The van der Waals surface area contributed by atoms with Gasteiger partial charge in [-0.15, -0.1) is 0 Å². The zero-order valence-electron chi connectivity index (χ0n) is 24.8. The van der Waals surface area contributed by atoms with Gasteiger partial charge in [-0.1, -0.05) is 106 Å². The molecule has 6 rings (SSSR count). The first-order valence-electron chi connectivity index (χ1n) is 14.4. The van der Waals surface area contributed by atoms with Crippen molar-refractivity contribution in [2.75, 3.05) is 19.1 Å². The minimum absolute atomic E-state index is 0.151. The number of carbonyl (C=O) groups is 4. The monoisotopic (exact) mass is 695 g/mol. The van der Waals surface area contributed by atoms with Crippen molar-refractivity contribution >= 4 is 62.8 Å². The van der Waals surface area contributed by atoms with Gasteiger partial charge in [-0.05, 0) is 47.5 Å². The lowest BCUT2D eigenvalue weighted by atomic mass is 9.58. The molecule has 2 aliphatic rings. The van der Waals surface area contributed by atoms with Crippen molar-refractivity contribution in [3.63, 3.8) is 0 Å². The molecule has 0 saturated heterocycles. The van der Waals surface area contributed by atoms with Crippen LogP contribution in [0.3, 0.4) is 0 Å². The van der Waals surface area contributed by atoms with Gasteiger partial charge >= 0.3 is 11.9 Å². The Morgan fingerprint density at radius 2 is 1.35 bits per heavy atom. The molecule has 0 N–H and O–H groups in total. The van der Waals surface area contributed by atoms with E-state index >= 15 is 9.59 Å². The molecule has 0 radical (unpaired) electrons. The van der Waals surface area contributed by atoms with Gasteiger partial charge in [0, 0.05) is 32.2 Å². The van der Waals surface area contributed by atoms with Crippen LogP contribution in [0.1, 0.15) is 37.8 Å². The summed E-state index contributed by atoms with van der Waals surface area (Å²) >= 11 is 9.75. The summed E-state index contributed by atoms with van der Waals surface area (Å²) in [6.07, 6.45) is 3.55. The number of hydrogen-bond donors (Lipinski definition) is 0. The average Bonchev–Trinajstić information content (AvgIpc) is 3.30. The van der Waals surface area contributed by atoms with Crippen molar-refractivity contribution in [2.45, 2.75) is 12.0 Å². The van der Waals surface area contributed by atoms with Crippen LogP contribution >= 0.6 is 27.5 Å². The molecule has 9 heteroatoms. The topological polar surface area (TPSA) is 90.0 Å². The number of ether oxygens (including phenoxy) is 2. The van der Waals surface area contributed by atoms with Crippen LogP contribution in [0, 0.1) is 5.41 Å². The standard InChI is InChI=1S/C37H27BrClNO6/c1-45-35(43)30-31(23-13-17-25(39)18-14-23)37(33(41)27-10-6-7-11-28(27)34(37)42)29(21-12-22-8-4-3-5-9-22)40(32(30)36(44)46-2)26-19-15-24(38)16-20-26/h3-21,29,31H,1-2H3/b21-12+. The first kappa shape index (κ1) is 31.2. The lowest BCUT2D eigenvalue weighted by Gasteiger charge is -2.50. The van der Waals surface area contributed by atoms with Gasteiger partial charge in [-0.25, -0.2) is 9.59 Å². The van der Waals surface area contributed by atoms with Crippen LogP contribution in [0.15, 0.2) is 125 Å². The van der Waals surface area contributed by atoms with E-state index in [1.54, 1.807) is 89.8 Å². The molecule has 0 fully saturated rings. The van der Waals surface area contributed by atoms with E-state index in [0.717, 1.165) is 10.0 Å². The third kappa shape index (κ3) is 4.98. The number of ketones is 2. The highest BCUT2D eigenvalue weighted by atomic mass is 79.9. The Kier molecular flexibility index (Phi) is 8.51. The van der Waals surface area contributed by atoms with E-state index < -0.39 is 40.9 Å². The molecule has 0 aromatic heterocycles. The summed E-state index contributed by atoms with van der Waals surface area (Å²) in [5.74, 6) is -3.96. The van der Waals surface area contributed by atoms with Gasteiger partial charge in [0.1, 0.15) is 11.1 Å². The molecule has 0 amide bonds. The largest absolute Gasteiger partial charge is 0.466 e. The number of carbonyl (C=O) groups excluding carboxylic acids is 4. The normalized spacial score (nSPS) is 18.7. The van der Waals surface area contributed by atoms with Crippen molar-refractivity contribution in [3.8, 4) is 0 Å². The minimum atomic E-state index is -1.96. The highest BCUT2D eigenvalue weighted by Crippen LogP contribution is 2.59. The van der Waals surface area contributed by atoms with Crippen molar-refractivity contribution < 1.29 is 28.7 Å². The Hall–Kier alpha value is -4.79. The highest BCUT2D eigenvalue weighted by molar-refractivity contribution is 9.10. The van der Waals surface area contributed by atoms with Crippen LogP contribution in [0.25, 0.3) is 6.08 Å². The van der Waals surface area contributed by atoms with Crippen LogP contribution in [-0.2, 0) is 19.1 Å². The molecular formula is C37H27BrClNO6. The number of Topliss-reactive ketones (excluding diaryl/α,β-unsaturated/α-hetero) is 2. The van der Waals surface area contributed by atoms with E-state index in [0.29, 0.717) is 16.3 Å². The predicted molar refractivity (Wildman–Crippen MR) is 179 cm³/mol. The summed E-state index contributed by atoms with van der Waals surface area (Å²) in [5.41, 5.74) is -0.171. The van der Waals surface area contributed by atoms with Gasteiger partial charge in [0.15, 0.2) is 11.6 Å². The smallest absolute Gasteiger partial charge is 0.355 e. The van der Waals surface area contributed by atoms with Crippen LogP contribution in [-0.4, -0.2) is 43.8 Å². The Balaban J connectivity index is 1.80. The summed E-state index contributed by atoms with van der Waals surface area (Å²) in [6, 6.07) is 28.4. The van der Waals surface area contributed by atoms with E-state index in [-0.39, 0.29) is 22.4 Å². The average molecular weight is 697 g/mol. The maximum Gasteiger partial charge on any atom is 0.355 e. The van der Waals surface area contributed by atoms with Gasteiger partial charge < -0.3 is 14.4 Å². The number of benzene rings is 4. The minimum Gasteiger partial charge on any atom is -0.466 e. The number of hydrogen-bond acceptors (Lipinski definition) is 7. The zero-order chi connectivity index (χ0) is 32.6. The first-order chi connectivity index (χ1) is 22.2. The Bertz CT molecular complexity index is 1880. The fourth-order valence-electron chi connectivity index (χ4n) is 6.58. The summed E-state index contributed by atoms with van der Waals surface area (Å²) in [6.45, 7) is 0. The third-order valence-corrected chi connectivity index (χ3v) is 9.30. The molecule has 7 nitrogen and oxygen atoms in total. The van der Waals surface area contributed by atoms with E-state index in [1.165, 1.54) is 14.2 Å². The number of nitrogens with zero attached hydrogens (tertiary/aromatic N) is 1. The molecule has 4 aromatic carbocycles. The van der Waals surface area contributed by atoms with Crippen LogP contribution in [0.5, 0.6) is 0 Å². The molecule has 4 aromatic rings. The summed E-state index contributed by atoms with van der Waals surface area (Å²) < 4.78 is 11.4. The molecule has 230 valence electrons.